The van der Waals surface area contributed by atoms with E-state index in [0.29, 0.717) is 64.9 Å². The van der Waals surface area contributed by atoms with Crippen molar-refractivity contribution in [1.82, 2.24) is 26.6 Å². The number of nitrogens with one attached hydrogen (secondary N) is 5. The van der Waals surface area contributed by atoms with Gasteiger partial charge in [0.25, 0.3) is 0 Å². The van der Waals surface area contributed by atoms with E-state index in [1.54, 1.807) is 189 Å². The summed E-state index contributed by atoms with van der Waals surface area (Å²) in [5, 5.41) is 49.6. The largest absolute Gasteiger partial charge is 1.00 e. The van der Waals surface area contributed by atoms with Crippen LogP contribution in [0.15, 0.2) is 243 Å². The number of rotatable bonds is 28. The van der Waals surface area contributed by atoms with Crippen molar-refractivity contribution in [3.05, 3.63) is 293 Å². The van der Waals surface area contributed by atoms with Crippen molar-refractivity contribution in [3.8, 4) is 28.7 Å². The first-order valence-electron chi connectivity index (χ1n) is 43.7. The molecule has 0 unspecified atom stereocenters. The zero-order valence-corrected chi connectivity index (χ0v) is 79.4. The number of phenols is 2. The molecular formula is C103H126LiN5O26. The van der Waals surface area contributed by atoms with Gasteiger partial charge < -0.3 is 105 Å². The molecule has 2 aliphatic rings. The Bertz CT molecular complexity index is 5130. The third-order valence-electron chi connectivity index (χ3n) is 18.7. The summed E-state index contributed by atoms with van der Waals surface area (Å²) in [5.41, 5.74) is 3.03. The summed E-state index contributed by atoms with van der Waals surface area (Å²) in [6.07, 6.45) is 3.76. The van der Waals surface area contributed by atoms with Gasteiger partial charge in [-0.2, -0.15) is 0 Å². The van der Waals surface area contributed by atoms with E-state index in [2.05, 4.69) is 26.6 Å². The number of aliphatic carboxylic acids is 2. The van der Waals surface area contributed by atoms with Crippen LogP contribution in [0.25, 0.3) is 0 Å². The smallest absolute Gasteiger partial charge is 0.870 e. The van der Waals surface area contributed by atoms with Gasteiger partial charge in [0.05, 0.1) is 0 Å². The van der Waals surface area contributed by atoms with Gasteiger partial charge in [-0.15, -0.1) is 0 Å². The number of carbonyl (C=O) groups is 10. The van der Waals surface area contributed by atoms with E-state index < -0.39 is 119 Å². The molecule has 720 valence electrons. The van der Waals surface area contributed by atoms with Gasteiger partial charge >= 0.3 is 79.2 Å². The molecule has 2 aliphatic carbocycles. The monoisotopic (exact) mass is 1860 g/mol. The number of hydrogen-bond donors (Lipinski definition) is 9. The minimum absolute atomic E-state index is 0. The zero-order valence-electron chi connectivity index (χ0n) is 79.4. The first-order chi connectivity index (χ1) is 62.8. The molecule has 9 aromatic rings. The van der Waals surface area contributed by atoms with Crippen molar-refractivity contribution in [2.45, 2.75) is 252 Å². The molecule has 32 heteroatoms. The fraction of sp³-hybridized carbons (Fsp3) is 0.379. The van der Waals surface area contributed by atoms with Crippen LogP contribution in [0, 0.1) is 0 Å². The Balaban J connectivity index is 0.000000301. The van der Waals surface area contributed by atoms with Gasteiger partial charge in [-0.05, 0) is 266 Å². The molecule has 11 rings (SSSR count). The van der Waals surface area contributed by atoms with Crippen LogP contribution in [0.4, 0.5) is 24.0 Å². The van der Waals surface area contributed by atoms with Crippen LogP contribution < -0.4 is 59.7 Å². The number of aromatic hydroxyl groups is 2. The molecule has 31 nitrogen and oxygen atoms in total. The van der Waals surface area contributed by atoms with Crippen molar-refractivity contribution < 1.29 is 145 Å². The summed E-state index contributed by atoms with van der Waals surface area (Å²) in [4.78, 5) is 121. The molecule has 0 heterocycles. The van der Waals surface area contributed by atoms with Crippen LogP contribution in [-0.2, 0) is 88.3 Å². The minimum atomic E-state index is -1.23. The van der Waals surface area contributed by atoms with Gasteiger partial charge in [0.1, 0.15) is 95.4 Å². The Labute approximate surface area is 800 Å². The molecule has 135 heavy (non-hydrogen) atoms. The van der Waals surface area contributed by atoms with E-state index in [4.69, 9.17) is 62.3 Å². The summed E-state index contributed by atoms with van der Waals surface area (Å²) in [6.45, 7) is 27.4. The Kier molecular flexibility index (Phi) is 45.0. The van der Waals surface area contributed by atoms with Crippen LogP contribution in [-0.4, -0.2) is 126 Å². The summed E-state index contributed by atoms with van der Waals surface area (Å²) in [6, 6.07) is 65.6. The minimum Gasteiger partial charge on any atom is -0.870 e. The molecule has 0 aliphatic heterocycles. The van der Waals surface area contributed by atoms with Crippen molar-refractivity contribution >= 4 is 60.3 Å². The zero-order chi connectivity index (χ0) is 97.5. The number of benzene rings is 9. The number of amides is 5. The number of alkyl carbamates (subject to hydrolysis) is 5. The van der Waals surface area contributed by atoms with E-state index in [1.165, 1.54) is 36.4 Å². The fourth-order valence-electron chi connectivity index (χ4n) is 12.7. The average molecular weight is 1860 g/mol. The third kappa shape index (κ3) is 44.1. The van der Waals surface area contributed by atoms with Crippen molar-refractivity contribution in [3.63, 3.8) is 0 Å². The molecule has 0 radical (unpaired) electrons. The predicted molar refractivity (Wildman–Crippen MR) is 499 cm³/mol. The van der Waals surface area contributed by atoms with E-state index in [9.17, 15) is 58.2 Å². The van der Waals surface area contributed by atoms with Gasteiger partial charge in [0.15, 0.2) is 30.2 Å². The second-order valence-electron chi connectivity index (χ2n) is 36.1. The van der Waals surface area contributed by atoms with Crippen LogP contribution in [0.2, 0.25) is 0 Å². The standard InChI is InChI=1S/C27H29NO5.C25H31NO5.C20H23NO5.C18H25NO5.C13H17NO5.Li.H2O/c1-27(2,3)33-26(30)28-24(25(29)32-19-21-12-8-5-9-13-21)22-14-16-23(17-15-22)31-18-20-10-6-4-7-11-20;1-25(2,3)31-24(28)26-22(23(27)30-21-11-7-8-12-21)19-13-15-20(16-14-19)29-17-18-9-5-4-6-10-18;1-20(2,3)26-19(24)21-17(18(22)23)15-9-11-16(12-10-15)25-13-14-7-5-4-6-8-14;1-18(2,3)24-17(22)19-15(12-8-10-13(20)11-9-12)16(21)23-14-6-4-5-7-14;1-13(2,3)19-12(18)14-10(11(16)17)8-4-6-9(15)7-5-8;;/h4-17,24H,18-19H2,1-3H3,(H,28,30);4-6,9-10,13-16,21-22H,7-8,11-12,17H2,1-3H3,(H,26,28);4-12,17H,13H2,1-3H3,(H,21,24)(H,22,23);8-11,14-15,20H,4-7H2,1-3H3,(H,19,22);4-7,10,15H,1-3H3,(H,14,18)(H,16,17);;1H2/q;;;;;+1;/p-1/t24-;22-;17-;15-;10-;;/m00000../s1. The van der Waals surface area contributed by atoms with Gasteiger partial charge in [0.2, 0.25) is 0 Å². The molecular weight excluding hydrogens is 1730 g/mol. The second kappa shape index (κ2) is 54.4. The number of phenolic OH excluding ortho intramolecular Hbond substituents is 2. The molecule has 2 fully saturated rings. The van der Waals surface area contributed by atoms with Crippen molar-refractivity contribution in [2.24, 2.45) is 0 Å². The SMILES string of the molecule is CC(C)(C)OC(=O)N[C@H](C(=O)O)c1ccc(O)cc1.CC(C)(C)OC(=O)N[C@H](C(=O)O)c1ccc(OCc2ccccc2)cc1.CC(C)(C)OC(=O)N[C@H](C(=O)OC1CCCC1)c1ccc(O)cc1.CC(C)(C)OC(=O)N[C@H](C(=O)OC1CCCC1)c1ccc(OCc2ccccc2)cc1.CC(C)(C)OC(=O)N[C@H](C(=O)OCc1ccccc1)c1ccc(OCc2ccccc2)cc1.[Li+].[OH-]. The van der Waals surface area contributed by atoms with Crippen molar-refractivity contribution in [1.29, 1.82) is 0 Å². The van der Waals surface area contributed by atoms with E-state index in [1.807, 2.05) is 121 Å². The van der Waals surface area contributed by atoms with Crippen LogP contribution in [0.3, 0.4) is 0 Å². The Morgan fingerprint density at radius 3 is 0.711 bits per heavy atom. The number of hydrogen-bond acceptors (Lipinski definition) is 24. The van der Waals surface area contributed by atoms with Crippen LogP contribution in [0.5, 0.6) is 28.7 Å². The quantitative estimate of drug-likeness (QED) is 0.0125. The van der Waals surface area contributed by atoms with Crippen molar-refractivity contribution in [2.75, 3.05) is 0 Å². The molecule has 0 saturated heterocycles. The van der Waals surface area contributed by atoms with Gasteiger partial charge in [-0.3, -0.25) is 0 Å². The number of carboxylic acids is 2. The van der Waals surface area contributed by atoms with E-state index in [-0.39, 0.29) is 54.7 Å². The first-order valence-corrected chi connectivity index (χ1v) is 43.7. The summed E-state index contributed by atoms with van der Waals surface area (Å²) < 4.78 is 60.0. The molecule has 5 atom stereocenters. The Hall–Kier alpha value is -13.8. The third-order valence-corrected chi connectivity index (χ3v) is 18.7. The first kappa shape index (κ1) is 112. The topological polar surface area (TPSA) is 443 Å². The Morgan fingerprint density at radius 1 is 0.289 bits per heavy atom. The number of esters is 3. The molecule has 5 amide bonds. The summed E-state index contributed by atoms with van der Waals surface area (Å²) in [7, 11) is 0. The molecule has 0 bridgehead atoms. The van der Waals surface area contributed by atoms with Crippen LogP contribution in [0.1, 0.15) is 236 Å². The Morgan fingerprint density at radius 2 is 0.489 bits per heavy atom. The van der Waals surface area contributed by atoms with Gasteiger partial charge in [-0.25, -0.2) is 47.9 Å². The number of carbonyl (C=O) groups excluding carboxylic acids is 8. The maximum absolute atomic E-state index is 12.9. The molecule has 0 aromatic heterocycles. The maximum atomic E-state index is 12.9. The second-order valence-corrected chi connectivity index (χ2v) is 36.1. The summed E-state index contributed by atoms with van der Waals surface area (Å²) >= 11 is 0. The van der Waals surface area contributed by atoms with Crippen LogP contribution >= 0.6 is 0 Å². The average Bonchev–Trinajstić information content (AvgIpc) is 1.41. The normalized spacial score (nSPS) is 13.4. The van der Waals surface area contributed by atoms with E-state index in [0.717, 1.165) is 73.6 Å². The van der Waals surface area contributed by atoms with E-state index >= 15 is 0 Å². The maximum Gasteiger partial charge on any atom is 1.00 e. The predicted octanol–water partition coefficient (Wildman–Crippen LogP) is 17.1. The number of ether oxygens (including phenoxy) is 11. The van der Waals surface area contributed by atoms with Gasteiger partial charge in [0, 0.05) is 0 Å². The molecule has 0 spiro atoms. The fourth-order valence-corrected chi connectivity index (χ4v) is 12.7. The number of carboxylic acid groups (broad SMARTS) is 2. The molecule has 10 N–H and O–H groups in total. The molecule has 9 aromatic carbocycles. The summed E-state index contributed by atoms with van der Waals surface area (Å²) in [5.74, 6) is -1.92. The molecule has 2 saturated carbocycles. The van der Waals surface area contributed by atoms with Gasteiger partial charge in [-0.1, -0.05) is 182 Å².